The van der Waals surface area contributed by atoms with Crippen molar-refractivity contribution in [2.45, 2.75) is 45.8 Å². The predicted molar refractivity (Wildman–Crippen MR) is 80.9 cm³/mol. The second-order valence-electron chi connectivity index (χ2n) is 5.66. The molecule has 2 rings (SSSR count). The van der Waals surface area contributed by atoms with Crippen LogP contribution in [0.15, 0.2) is 5.38 Å². The van der Waals surface area contributed by atoms with E-state index in [0.29, 0.717) is 6.54 Å². The van der Waals surface area contributed by atoms with Crippen LogP contribution in [0, 0.1) is 0 Å². The predicted octanol–water partition coefficient (Wildman–Crippen LogP) is 1.86. The quantitative estimate of drug-likeness (QED) is 0.921. The molecular formula is C14H23N3O2S. The Morgan fingerprint density at radius 2 is 2.20 bits per heavy atom. The lowest BCUT2D eigenvalue weighted by atomic mass is 9.94. The molecule has 0 aromatic carbocycles. The summed E-state index contributed by atoms with van der Waals surface area (Å²) in [5, 5.41) is 12.7. The van der Waals surface area contributed by atoms with Crippen LogP contribution in [-0.2, 0) is 11.3 Å². The number of hydrogen-bond donors (Lipinski definition) is 1. The lowest BCUT2D eigenvalue weighted by Crippen LogP contribution is -2.42. The number of rotatable bonds is 4. The molecule has 0 spiro atoms. The summed E-state index contributed by atoms with van der Waals surface area (Å²) in [6.45, 7) is 8.65. The molecule has 20 heavy (non-hydrogen) atoms. The van der Waals surface area contributed by atoms with E-state index in [1.807, 2.05) is 19.2 Å². The molecule has 1 amide bonds. The second kappa shape index (κ2) is 6.20. The number of likely N-dealkylation sites (tertiary alicyclic amines) is 1. The van der Waals surface area contributed by atoms with Crippen molar-refractivity contribution in [3.05, 3.63) is 11.1 Å². The van der Waals surface area contributed by atoms with Crippen molar-refractivity contribution in [3.8, 4) is 0 Å². The molecule has 2 heterocycles. The van der Waals surface area contributed by atoms with E-state index in [-0.39, 0.29) is 5.91 Å². The van der Waals surface area contributed by atoms with Crippen LogP contribution in [0.25, 0.3) is 0 Å². The zero-order valence-electron chi connectivity index (χ0n) is 12.4. The molecule has 0 aliphatic carbocycles. The van der Waals surface area contributed by atoms with Crippen LogP contribution in [0.4, 0.5) is 5.13 Å². The van der Waals surface area contributed by atoms with E-state index >= 15 is 0 Å². The Bertz CT molecular complexity index is 463. The van der Waals surface area contributed by atoms with E-state index in [4.69, 9.17) is 0 Å². The fraction of sp³-hybridized carbons (Fsp3) is 0.714. The molecule has 5 nitrogen and oxygen atoms in total. The summed E-state index contributed by atoms with van der Waals surface area (Å²) in [5.41, 5.74) is 0.489. The summed E-state index contributed by atoms with van der Waals surface area (Å²) in [7, 11) is 0. The van der Waals surface area contributed by atoms with Gasteiger partial charge in [-0.05, 0) is 26.7 Å². The maximum absolute atomic E-state index is 11.5. The number of aliphatic hydroxyl groups is 1. The number of carbonyl (C=O) groups is 1. The van der Waals surface area contributed by atoms with Gasteiger partial charge in [0.05, 0.1) is 11.3 Å². The molecule has 0 radical (unpaired) electrons. The molecule has 1 saturated heterocycles. The molecule has 0 unspecified atom stereocenters. The molecule has 1 aliphatic heterocycles. The van der Waals surface area contributed by atoms with Crippen LogP contribution >= 0.6 is 11.3 Å². The summed E-state index contributed by atoms with van der Waals surface area (Å²) in [4.78, 5) is 20.0. The molecule has 1 fully saturated rings. The fourth-order valence-corrected chi connectivity index (χ4v) is 3.33. The fourth-order valence-electron chi connectivity index (χ4n) is 2.41. The number of amides is 1. The third kappa shape index (κ3) is 3.77. The van der Waals surface area contributed by atoms with E-state index in [0.717, 1.165) is 43.3 Å². The van der Waals surface area contributed by atoms with Crippen LogP contribution in [0.5, 0.6) is 0 Å². The van der Waals surface area contributed by atoms with Gasteiger partial charge in [-0.2, -0.15) is 0 Å². The summed E-state index contributed by atoms with van der Waals surface area (Å²) in [6, 6.07) is 0. The number of nitrogens with zero attached hydrogens (tertiary/aromatic N) is 3. The lowest BCUT2D eigenvalue weighted by Gasteiger charge is -2.35. The number of thiazole rings is 1. The van der Waals surface area contributed by atoms with Crippen molar-refractivity contribution in [2.24, 2.45) is 0 Å². The maximum atomic E-state index is 11.5. The van der Waals surface area contributed by atoms with Crippen molar-refractivity contribution in [1.82, 2.24) is 9.88 Å². The molecule has 1 aliphatic rings. The normalized spacial score (nSPS) is 19.0. The minimum atomic E-state index is -0.516. The number of anilines is 1. The topological polar surface area (TPSA) is 56.7 Å². The average Bonchev–Trinajstić information content (AvgIpc) is 2.81. The number of hydrogen-bond acceptors (Lipinski definition) is 5. The molecule has 6 heteroatoms. The maximum Gasteiger partial charge on any atom is 0.225 e. The summed E-state index contributed by atoms with van der Waals surface area (Å²) in [6.07, 6.45) is 1.61. The highest BCUT2D eigenvalue weighted by atomic mass is 32.1. The first kappa shape index (κ1) is 15.4. The van der Waals surface area contributed by atoms with Gasteiger partial charge in [-0.15, -0.1) is 11.3 Å². The van der Waals surface area contributed by atoms with Crippen molar-refractivity contribution in [3.63, 3.8) is 0 Å². The Kier molecular flexibility index (Phi) is 4.78. The minimum Gasteiger partial charge on any atom is -0.390 e. The molecule has 1 aromatic heterocycles. The van der Waals surface area contributed by atoms with Gasteiger partial charge in [-0.25, -0.2) is 4.98 Å². The number of piperidine rings is 1. The van der Waals surface area contributed by atoms with E-state index in [1.54, 1.807) is 11.8 Å². The van der Waals surface area contributed by atoms with E-state index in [1.165, 1.54) is 11.3 Å². The minimum absolute atomic E-state index is 0.0300. The summed E-state index contributed by atoms with van der Waals surface area (Å²) in [5.74, 6) is 0.0300. The SMILES string of the molecule is CCN(C(C)=O)c1nc(CN2CCC(C)(O)CC2)cs1. The zero-order valence-corrected chi connectivity index (χ0v) is 13.2. The molecule has 1 N–H and O–H groups in total. The Morgan fingerprint density at radius 3 is 2.75 bits per heavy atom. The van der Waals surface area contributed by atoms with Crippen LogP contribution in [0.3, 0.4) is 0 Å². The van der Waals surface area contributed by atoms with Crippen LogP contribution in [0.1, 0.15) is 39.3 Å². The highest BCUT2D eigenvalue weighted by molar-refractivity contribution is 7.14. The molecule has 0 saturated carbocycles. The summed E-state index contributed by atoms with van der Waals surface area (Å²) >= 11 is 1.52. The van der Waals surface area contributed by atoms with Gasteiger partial charge in [0.25, 0.3) is 0 Å². The third-order valence-electron chi connectivity index (χ3n) is 3.79. The van der Waals surface area contributed by atoms with Crippen LogP contribution in [0.2, 0.25) is 0 Å². The lowest BCUT2D eigenvalue weighted by molar-refractivity contribution is -0.116. The van der Waals surface area contributed by atoms with Crippen molar-refractivity contribution in [2.75, 3.05) is 24.5 Å². The van der Waals surface area contributed by atoms with E-state index in [2.05, 4.69) is 9.88 Å². The van der Waals surface area contributed by atoms with Gasteiger partial charge < -0.3 is 5.11 Å². The van der Waals surface area contributed by atoms with Crippen LogP contribution in [-0.4, -0.2) is 46.1 Å². The van der Waals surface area contributed by atoms with Crippen LogP contribution < -0.4 is 4.90 Å². The molecule has 112 valence electrons. The number of carbonyl (C=O) groups excluding carboxylic acids is 1. The van der Waals surface area contributed by atoms with Crippen molar-refractivity contribution < 1.29 is 9.90 Å². The van der Waals surface area contributed by atoms with Gasteiger partial charge in [0.1, 0.15) is 0 Å². The largest absolute Gasteiger partial charge is 0.390 e. The smallest absolute Gasteiger partial charge is 0.225 e. The van der Waals surface area contributed by atoms with Gasteiger partial charge >= 0.3 is 0 Å². The highest BCUT2D eigenvalue weighted by Gasteiger charge is 2.27. The standard InChI is InChI=1S/C14H23N3O2S/c1-4-17(11(2)18)13-15-12(10-20-13)9-16-7-5-14(3,19)6-8-16/h10,19H,4-9H2,1-3H3. The third-order valence-corrected chi connectivity index (χ3v) is 4.70. The van der Waals surface area contributed by atoms with Crippen molar-refractivity contribution >= 4 is 22.4 Å². The first-order chi connectivity index (χ1) is 9.41. The van der Waals surface area contributed by atoms with E-state index < -0.39 is 5.60 Å². The number of aromatic nitrogens is 1. The van der Waals surface area contributed by atoms with Gasteiger partial charge in [-0.3, -0.25) is 14.6 Å². The molecular weight excluding hydrogens is 274 g/mol. The second-order valence-corrected chi connectivity index (χ2v) is 6.49. The first-order valence-corrected chi connectivity index (χ1v) is 7.96. The molecule has 0 bridgehead atoms. The Labute approximate surface area is 124 Å². The Morgan fingerprint density at radius 1 is 1.55 bits per heavy atom. The highest BCUT2D eigenvalue weighted by Crippen LogP contribution is 2.25. The molecule has 1 aromatic rings. The average molecular weight is 297 g/mol. The van der Waals surface area contributed by atoms with Crippen molar-refractivity contribution in [1.29, 1.82) is 0 Å². The monoisotopic (exact) mass is 297 g/mol. The zero-order chi connectivity index (χ0) is 14.8. The summed E-state index contributed by atoms with van der Waals surface area (Å²) < 4.78 is 0. The first-order valence-electron chi connectivity index (χ1n) is 7.08. The van der Waals surface area contributed by atoms with Gasteiger partial charge in [-0.1, -0.05) is 0 Å². The Balaban J connectivity index is 1.95. The van der Waals surface area contributed by atoms with Gasteiger partial charge in [0.2, 0.25) is 5.91 Å². The van der Waals surface area contributed by atoms with E-state index in [9.17, 15) is 9.90 Å². The van der Waals surface area contributed by atoms with Gasteiger partial charge in [0.15, 0.2) is 5.13 Å². The molecule has 0 atom stereocenters. The Hall–Kier alpha value is -0.980. The van der Waals surface area contributed by atoms with Gasteiger partial charge in [0, 0.05) is 38.5 Å².